The Hall–Kier alpha value is -0.600. The molecule has 56 valence electrons. The lowest BCUT2D eigenvalue weighted by Gasteiger charge is -2.25. The van der Waals surface area contributed by atoms with Crippen molar-refractivity contribution in [3.8, 4) is 0 Å². The molecule has 0 saturated heterocycles. The van der Waals surface area contributed by atoms with Gasteiger partial charge in [-0.25, -0.2) is 0 Å². The number of hydrogen-bond donors (Lipinski definition) is 2. The summed E-state index contributed by atoms with van der Waals surface area (Å²) in [4.78, 5) is 0. The highest BCUT2D eigenvalue weighted by Crippen LogP contribution is 2.22. The lowest BCUT2D eigenvalue weighted by molar-refractivity contribution is 0.0444. The minimum absolute atomic E-state index is 0.0949. The lowest BCUT2D eigenvalue weighted by atomic mass is 9.91. The van der Waals surface area contributed by atoms with Crippen LogP contribution in [0.3, 0.4) is 0 Å². The molecule has 0 spiro atoms. The van der Waals surface area contributed by atoms with Crippen molar-refractivity contribution in [2.24, 2.45) is 11.7 Å². The summed E-state index contributed by atoms with van der Waals surface area (Å²) in [5.41, 5.74) is 4.59. The van der Waals surface area contributed by atoms with Gasteiger partial charge in [-0.15, -0.1) is 0 Å². The molecular weight excluding hydrogens is 126 g/mol. The maximum Gasteiger partial charge on any atom is 0.0838 e. The molecule has 1 atom stereocenters. The molecule has 0 heterocycles. The van der Waals surface area contributed by atoms with Crippen molar-refractivity contribution >= 4 is 0 Å². The van der Waals surface area contributed by atoms with Crippen LogP contribution in [0.1, 0.15) is 6.92 Å². The van der Waals surface area contributed by atoms with E-state index in [2.05, 4.69) is 0 Å². The molecular formula is C8H13NO. The van der Waals surface area contributed by atoms with Gasteiger partial charge in [0.25, 0.3) is 0 Å². The summed E-state index contributed by atoms with van der Waals surface area (Å²) in [6.07, 6.45) is 7.75. The van der Waals surface area contributed by atoms with Crippen LogP contribution in [0.15, 0.2) is 24.3 Å². The van der Waals surface area contributed by atoms with Gasteiger partial charge in [0.1, 0.15) is 0 Å². The largest absolute Gasteiger partial charge is 0.388 e. The van der Waals surface area contributed by atoms with Crippen LogP contribution < -0.4 is 5.73 Å². The molecule has 0 amide bonds. The fourth-order valence-corrected chi connectivity index (χ4v) is 0.983. The van der Waals surface area contributed by atoms with Gasteiger partial charge in [0.2, 0.25) is 0 Å². The summed E-state index contributed by atoms with van der Waals surface area (Å²) < 4.78 is 0. The molecule has 0 aliphatic heterocycles. The smallest absolute Gasteiger partial charge is 0.0838 e. The van der Waals surface area contributed by atoms with E-state index in [0.717, 1.165) is 0 Å². The van der Waals surface area contributed by atoms with Crippen molar-refractivity contribution in [2.45, 2.75) is 12.5 Å². The van der Waals surface area contributed by atoms with E-state index in [-0.39, 0.29) is 5.92 Å². The molecule has 1 rings (SSSR count). The van der Waals surface area contributed by atoms with Gasteiger partial charge < -0.3 is 10.8 Å². The predicted octanol–water partition coefficient (Wildman–Crippen LogP) is 0.438. The fraction of sp³-hybridized carbons (Fsp3) is 0.500. The zero-order valence-corrected chi connectivity index (χ0v) is 6.12. The molecule has 0 bridgehead atoms. The van der Waals surface area contributed by atoms with Gasteiger partial charge in [-0.1, -0.05) is 24.3 Å². The van der Waals surface area contributed by atoms with E-state index >= 15 is 0 Å². The second-order valence-corrected chi connectivity index (χ2v) is 2.86. The number of aliphatic hydroxyl groups is 1. The van der Waals surface area contributed by atoms with Gasteiger partial charge in [-0.3, -0.25) is 0 Å². The summed E-state index contributed by atoms with van der Waals surface area (Å²) in [6.45, 7) is 2.05. The first kappa shape index (κ1) is 7.51. The zero-order valence-electron chi connectivity index (χ0n) is 6.12. The Morgan fingerprint density at radius 3 is 2.40 bits per heavy atom. The Labute approximate surface area is 61.0 Å². The van der Waals surface area contributed by atoms with Crippen LogP contribution in [0.4, 0.5) is 0 Å². The van der Waals surface area contributed by atoms with Gasteiger partial charge in [0.15, 0.2) is 0 Å². The standard InChI is InChI=1S/C8H13NO/c1-8(10,6-9)7-4-2-3-5-7/h2-5,7,10H,6,9H2,1H3. The van der Waals surface area contributed by atoms with E-state index in [9.17, 15) is 5.11 Å². The Bertz CT molecular complexity index is 158. The van der Waals surface area contributed by atoms with Crippen molar-refractivity contribution in [3.05, 3.63) is 24.3 Å². The highest BCUT2D eigenvalue weighted by Gasteiger charge is 2.27. The van der Waals surface area contributed by atoms with Crippen LogP contribution in [0.25, 0.3) is 0 Å². The van der Waals surface area contributed by atoms with Gasteiger partial charge in [0.05, 0.1) is 5.60 Å². The number of allylic oxidation sites excluding steroid dienone is 2. The third-order valence-corrected chi connectivity index (χ3v) is 1.88. The summed E-state index contributed by atoms with van der Waals surface area (Å²) in [5.74, 6) is 0.0949. The highest BCUT2D eigenvalue weighted by molar-refractivity contribution is 5.21. The van der Waals surface area contributed by atoms with Crippen LogP contribution in [0.2, 0.25) is 0 Å². The first-order chi connectivity index (χ1) is 4.67. The number of hydrogen-bond acceptors (Lipinski definition) is 2. The van der Waals surface area contributed by atoms with E-state index in [1.165, 1.54) is 0 Å². The molecule has 1 aliphatic carbocycles. The van der Waals surface area contributed by atoms with Crippen LogP contribution in [0, 0.1) is 5.92 Å². The minimum atomic E-state index is -0.774. The third-order valence-electron chi connectivity index (χ3n) is 1.88. The Balaban J connectivity index is 2.64. The molecule has 0 radical (unpaired) electrons. The van der Waals surface area contributed by atoms with Gasteiger partial charge in [-0.2, -0.15) is 0 Å². The summed E-state index contributed by atoms with van der Waals surface area (Å²) in [7, 11) is 0. The molecule has 2 nitrogen and oxygen atoms in total. The van der Waals surface area contributed by atoms with Gasteiger partial charge >= 0.3 is 0 Å². The molecule has 0 aromatic carbocycles. The van der Waals surface area contributed by atoms with Gasteiger partial charge in [-0.05, 0) is 6.92 Å². The Morgan fingerprint density at radius 1 is 1.50 bits per heavy atom. The molecule has 1 aliphatic rings. The quantitative estimate of drug-likeness (QED) is 0.583. The van der Waals surface area contributed by atoms with E-state index in [0.29, 0.717) is 6.54 Å². The molecule has 2 heteroatoms. The molecule has 0 aromatic heterocycles. The maximum absolute atomic E-state index is 9.60. The van der Waals surface area contributed by atoms with Crippen molar-refractivity contribution in [1.29, 1.82) is 0 Å². The van der Waals surface area contributed by atoms with E-state index < -0.39 is 5.60 Å². The van der Waals surface area contributed by atoms with Crippen LogP contribution in [-0.2, 0) is 0 Å². The predicted molar refractivity (Wildman–Crippen MR) is 41.4 cm³/mol. The topological polar surface area (TPSA) is 46.2 Å². The summed E-state index contributed by atoms with van der Waals surface area (Å²) in [5, 5.41) is 9.60. The average Bonchev–Trinajstić information content (AvgIpc) is 2.38. The molecule has 1 unspecified atom stereocenters. The third kappa shape index (κ3) is 1.28. The fourth-order valence-electron chi connectivity index (χ4n) is 0.983. The van der Waals surface area contributed by atoms with Crippen molar-refractivity contribution < 1.29 is 5.11 Å². The minimum Gasteiger partial charge on any atom is -0.388 e. The monoisotopic (exact) mass is 139 g/mol. The maximum atomic E-state index is 9.60. The highest BCUT2D eigenvalue weighted by atomic mass is 16.3. The second kappa shape index (κ2) is 2.56. The lowest BCUT2D eigenvalue weighted by Crippen LogP contribution is -2.39. The van der Waals surface area contributed by atoms with Crippen LogP contribution in [0.5, 0.6) is 0 Å². The first-order valence-electron chi connectivity index (χ1n) is 3.44. The number of rotatable bonds is 2. The number of nitrogens with two attached hydrogens (primary N) is 1. The SMILES string of the molecule is CC(O)(CN)C1C=CC=C1. The Kier molecular flexibility index (Phi) is 1.92. The summed E-state index contributed by atoms with van der Waals surface area (Å²) in [6, 6.07) is 0. The van der Waals surface area contributed by atoms with Crippen molar-refractivity contribution in [3.63, 3.8) is 0 Å². The first-order valence-corrected chi connectivity index (χ1v) is 3.44. The van der Waals surface area contributed by atoms with Crippen molar-refractivity contribution in [2.75, 3.05) is 6.54 Å². The normalized spacial score (nSPS) is 23.5. The van der Waals surface area contributed by atoms with E-state index in [1.54, 1.807) is 6.92 Å². The molecule has 0 aromatic rings. The Morgan fingerprint density at radius 2 is 2.00 bits per heavy atom. The van der Waals surface area contributed by atoms with E-state index in [4.69, 9.17) is 5.73 Å². The summed E-state index contributed by atoms with van der Waals surface area (Å²) >= 11 is 0. The van der Waals surface area contributed by atoms with Crippen LogP contribution >= 0.6 is 0 Å². The van der Waals surface area contributed by atoms with Crippen LogP contribution in [-0.4, -0.2) is 17.3 Å². The molecule has 0 saturated carbocycles. The average molecular weight is 139 g/mol. The zero-order chi connectivity index (χ0) is 7.61. The molecule has 10 heavy (non-hydrogen) atoms. The van der Waals surface area contributed by atoms with Gasteiger partial charge in [0, 0.05) is 12.5 Å². The van der Waals surface area contributed by atoms with E-state index in [1.807, 2.05) is 24.3 Å². The molecule has 3 N–H and O–H groups in total. The second-order valence-electron chi connectivity index (χ2n) is 2.86. The molecule has 0 fully saturated rings. The van der Waals surface area contributed by atoms with Crippen molar-refractivity contribution in [1.82, 2.24) is 0 Å².